The van der Waals surface area contributed by atoms with Gasteiger partial charge in [-0.25, -0.2) is 8.42 Å². The Balaban J connectivity index is 2.03. The van der Waals surface area contributed by atoms with Crippen molar-refractivity contribution in [1.29, 1.82) is 0 Å². The van der Waals surface area contributed by atoms with Crippen LogP contribution in [0.2, 0.25) is 0 Å². The van der Waals surface area contributed by atoms with Crippen LogP contribution >= 0.6 is 15.9 Å². The standard InChI is InChI=1S/C19H23BrN2O4S/c1-4-22(5-2)27(24,25)17-10-11-18(14(3)12-17)26-13-19(23)21-16-8-6-15(20)7-9-16/h6-12H,4-5,13H2,1-3H3,(H,21,23). The third-order valence-corrected chi connectivity index (χ3v) is 6.55. The average molecular weight is 455 g/mol. The first kappa shape index (κ1) is 21.4. The summed E-state index contributed by atoms with van der Waals surface area (Å²) >= 11 is 3.34. The van der Waals surface area contributed by atoms with Crippen LogP contribution in [0, 0.1) is 6.92 Å². The maximum Gasteiger partial charge on any atom is 0.262 e. The number of anilines is 1. The summed E-state index contributed by atoms with van der Waals surface area (Å²) in [6.45, 7) is 6.01. The summed E-state index contributed by atoms with van der Waals surface area (Å²) in [4.78, 5) is 12.2. The molecule has 0 radical (unpaired) electrons. The molecule has 6 nitrogen and oxygen atoms in total. The zero-order valence-corrected chi connectivity index (χ0v) is 17.9. The van der Waals surface area contributed by atoms with Crippen LogP contribution < -0.4 is 10.1 Å². The summed E-state index contributed by atoms with van der Waals surface area (Å²) in [5.74, 6) is 0.177. The van der Waals surface area contributed by atoms with E-state index < -0.39 is 10.0 Å². The highest BCUT2D eigenvalue weighted by molar-refractivity contribution is 9.10. The van der Waals surface area contributed by atoms with Crippen molar-refractivity contribution in [2.75, 3.05) is 25.0 Å². The Hall–Kier alpha value is -1.90. The van der Waals surface area contributed by atoms with Gasteiger partial charge in [0.1, 0.15) is 5.75 Å². The fraction of sp³-hybridized carbons (Fsp3) is 0.316. The molecule has 2 aromatic carbocycles. The molecule has 146 valence electrons. The molecule has 0 aromatic heterocycles. The van der Waals surface area contributed by atoms with E-state index >= 15 is 0 Å². The molecule has 0 fully saturated rings. The summed E-state index contributed by atoms with van der Waals surface area (Å²) in [6.07, 6.45) is 0. The van der Waals surface area contributed by atoms with Gasteiger partial charge in [-0.1, -0.05) is 29.8 Å². The van der Waals surface area contributed by atoms with Gasteiger partial charge in [0.25, 0.3) is 5.91 Å². The van der Waals surface area contributed by atoms with Crippen molar-refractivity contribution in [3.63, 3.8) is 0 Å². The first-order chi connectivity index (χ1) is 12.8. The van der Waals surface area contributed by atoms with Crippen LogP contribution in [0.15, 0.2) is 51.8 Å². The van der Waals surface area contributed by atoms with Gasteiger partial charge < -0.3 is 10.1 Å². The van der Waals surface area contributed by atoms with Crippen molar-refractivity contribution >= 4 is 37.5 Å². The van der Waals surface area contributed by atoms with Gasteiger partial charge in [0.05, 0.1) is 4.90 Å². The quantitative estimate of drug-likeness (QED) is 0.657. The molecule has 1 amide bonds. The third kappa shape index (κ3) is 5.54. The van der Waals surface area contributed by atoms with Crippen molar-refractivity contribution in [2.24, 2.45) is 0 Å². The number of carbonyl (C=O) groups excluding carboxylic acids is 1. The summed E-state index contributed by atoms with van der Waals surface area (Å²) in [6, 6.07) is 11.9. The Kier molecular flexibility index (Phi) is 7.41. The van der Waals surface area contributed by atoms with Gasteiger partial charge in [0.15, 0.2) is 6.61 Å². The first-order valence-electron chi connectivity index (χ1n) is 8.57. The topological polar surface area (TPSA) is 75.7 Å². The maximum atomic E-state index is 12.6. The Morgan fingerprint density at radius 2 is 1.74 bits per heavy atom. The number of benzene rings is 2. The molecule has 0 bridgehead atoms. The molecule has 0 saturated carbocycles. The number of hydrogen-bond acceptors (Lipinski definition) is 4. The van der Waals surface area contributed by atoms with E-state index in [9.17, 15) is 13.2 Å². The molecular weight excluding hydrogens is 432 g/mol. The molecule has 0 aliphatic carbocycles. The number of halogens is 1. The normalized spacial score (nSPS) is 11.4. The summed E-state index contributed by atoms with van der Waals surface area (Å²) in [5, 5.41) is 2.74. The molecule has 8 heteroatoms. The largest absolute Gasteiger partial charge is 0.483 e. The van der Waals surface area contributed by atoms with Crippen molar-refractivity contribution in [2.45, 2.75) is 25.7 Å². The molecule has 0 atom stereocenters. The Labute approximate surface area is 168 Å². The number of aryl methyl sites for hydroxylation is 1. The molecule has 2 aromatic rings. The van der Waals surface area contributed by atoms with Crippen LogP contribution in [-0.4, -0.2) is 38.3 Å². The van der Waals surface area contributed by atoms with Gasteiger partial charge in [-0.05, 0) is 55.0 Å². The zero-order chi connectivity index (χ0) is 20.0. The number of sulfonamides is 1. The molecule has 0 spiro atoms. The zero-order valence-electron chi connectivity index (χ0n) is 15.5. The second-order valence-electron chi connectivity index (χ2n) is 5.86. The molecule has 27 heavy (non-hydrogen) atoms. The Morgan fingerprint density at radius 3 is 2.30 bits per heavy atom. The van der Waals surface area contributed by atoms with Gasteiger partial charge >= 0.3 is 0 Å². The van der Waals surface area contributed by atoms with Gasteiger partial charge in [-0.2, -0.15) is 4.31 Å². The van der Waals surface area contributed by atoms with Crippen molar-refractivity contribution in [1.82, 2.24) is 4.31 Å². The molecular formula is C19H23BrN2O4S. The van der Waals surface area contributed by atoms with E-state index in [-0.39, 0.29) is 17.4 Å². The number of ether oxygens (including phenoxy) is 1. The lowest BCUT2D eigenvalue weighted by atomic mass is 10.2. The highest BCUT2D eigenvalue weighted by Gasteiger charge is 2.22. The molecule has 0 aliphatic rings. The van der Waals surface area contributed by atoms with E-state index in [1.165, 1.54) is 10.4 Å². The predicted molar refractivity (Wildman–Crippen MR) is 110 cm³/mol. The fourth-order valence-electron chi connectivity index (χ4n) is 2.53. The predicted octanol–water partition coefficient (Wildman–Crippen LogP) is 3.81. The maximum absolute atomic E-state index is 12.6. The number of nitrogens with one attached hydrogen (secondary N) is 1. The van der Waals surface area contributed by atoms with E-state index in [0.717, 1.165) is 4.47 Å². The molecule has 0 heterocycles. The highest BCUT2D eigenvalue weighted by atomic mass is 79.9. The van der Waals surface area contributed by atoms with Crippen LogP contribution in [0.4, 0.5) is 5.69 Å². The van der Waals surface area contributed by atoms with Gasteiger partial charge in [-0.15, -0.1) is 0 Å². The first-order valence-corrected chi connectivity index (χ1v) is 10.8. The lowest BCUT2D eigenvalue weighted by Crippen LogP contribution is -2.30. The van der Waals surface area contributed by atoms with Crippen LogP contribution in [0.3, 0.4) is 0 Å². The van der Waals surface area contributed by atoms with E-state index in [0.29, 0.717) is 30.1 Å². The minimum absolute atomic E-state index is 0.168. The monoisotopic (exact) mass is 454 g/mol. The number of nitrogens with zero attached hydrogens (tertiary/aromatic N) is 1. The molecule has 1 N–H and O–H groups in total. The van der Waals surface area contributed by atoms with E-state index in [1.807, 2.05) is 12.1 Å². The second-order valence-corrected chi connectivity index (χ2v) is 8.71. The molecule has 0 unspecified atom stereocenters. The Morgan fingerprint density at radius 1 is 1.11 bits per heavy atom. The third-order valence-electron chi connectivity index (χ3n) is 3.98. The number of hydrogen-bond donors (Lipinski definition) is 1. The minimum Gasteiger partial charge on any atom is -0.483 e. The van der Waals surface area contributed by atoms with E-state index in [2.05, 4.69) is 21.2 Å². The van der Waals surface area contributed by atoms with Gasteiger partial charge in [0, 0.05) is 23.2 Å². The molecule has 2 rings (SSSR count). The number of carbonyl (C=O) groups is 1. The number of rotatable bonds is 8. The molecule has 0 aliphatic heterocycles. The van der Waals surface area contributed by atoms with Crippen molar-refractivity contribution in [3.8, 4) is 5.75 Å². The van der Waals surface area contributed by atoms with Crippen LogP contribution in [-0.2, 0) is 14.8 Å². The lowest BCUT2D eigenvalue weighted by molar-refractivity contribution is -0.118. The van der Waals surface area contributed by atoms with E-state index in [1.54, 1.807) is 45.0 Å². The van der Waals surface area contributed by atoms with Crippen LogP contribution in [0.5, 0.6) is 5.75 Å². The lowest BCUT2D eigenvalue weighted by Gasteiger charge is -2.19. The van der Waals surface area contributed by atoms with Crippen LogP contribution in [0.25, 0.3) is 0 Å². The van der Waals surface area contributed by atoms with Crippen molar-refractivity contribution in [3.05, 3.63) is 52.5 Å². The SMILES string of the molecule is CCN(CC)S(=O)(=O)c1ccc(OCC(=O)Nc2ccc(Br)cc2)c(C)c1. The number of amides is 1. The fourth-order valence-corrected chi connectivity index (χ4v) is 4.34. The van der Waals surface area contributed by atoms with Crippen molar-refractivity contribution < 1.29 is 17.9 Å². The van der Waals surface area contributed by atoms with Gasteiger partial charge in [0.2, 0.25) is 10.0 Å². The highest BCUT2D eigenvalue weighted by Crippen LogP contribution is 2.24. The van der Waals surface area contributed by atoms with E-state index in [4.69, 9.17) is 4.74 Å². The van der Waals surface area contributed by atoms with Crippen LogP contribution in [0.1, 0.15) is 19.4 Å². The summed E-state index contributed by atoms with van der Waals surface area (Å²) < 4.78 is 33.0. The summed E-state index contributed by atoms with van der Waals surface area (Å²) in [7, 11) is -3.52. The minimum atomic E-state index is -3.52. The average Bonchev–Trinajstić information content (AvgIpc) is 2.63. The van der Waals surface area contributed by atoms with Gasteiger partial charge in [-0.3, -0.25) is 4.79 Å². The smallest absolute Gasteiger partial charge is 0.262 e. The second kappa shape index (κ2) is 9.34. The Bertz CT molecular complexity index is 894. The molecule has 0 saturated heterocycles. The summed E-state index contributed by atoms with van der Waals surface area (Å²) in [5.41, 5.74) is 1.32.